The summed E-state index contributed by atoms with van der Waals surface area (Å²) in [5, 5.41) is 9.26. The molecule has 0 unspecified atom stereocenters. The van der Waals surface area contributed by atoms with Gasteiger partial charge in [0.2, 0.25) is 0 Å². The molecule has 21 heavy (non-hydrogen) atoms. The van der Waals surface area contributed by atoms with Gasteiger partial charge in [0.15, 0.2) is 0 Å². The van der Waals surface area contributed by atoms with Crippen LogP contribution in [0.3, 0.4) is 0 Å². The highest BCUT2D eigenvalue weighted by molar-refractivity contribution is 5.94. The molecule has 2 rings (SSSR count). The molecule has 1 aromatic rings. The molecule has 0 spiro atoms. The number of nitrogens with zero attached hydrogens (tertiary/aromatic N) is 2. The number of hydrogen-bond acceptors (Lipinski definition) is 3. The molecule has 1 aromatic carbocycles. The lowest BCUT2D eigenvalue weighted by Crippen LogP contribution is -2.52. The molecular formula is C16H18N2O3. The third-order valence-electron chi connectivity index (χ3n) is 3.32. The van der Waals surface area contributed by atoms with Crippen molar-refractivity contribution in [3.63, 3.8) is 0 Å². The maximum absolute atomic E-state index is 12.0. The fourth-order valence-corrected chi connectivity index (χ4v) is 2.12. The lowest BCUT2D eigenvalue weighted by molar-refractivity contribution is -0.143. The minimum Gasteiger partial charge on any atom is -0.384 e. The number of rotatable bonds is 1. The van der Waals surface area contributed by atoms with Gasteiger partial charge < -0.3 is 14.9 Å². The Hall–Kier alpha value is -2.32. The van der Waals surface area contributed by atoms with E-state index in [1.54, 1.807) is 9.80 Å². The van der Waals surface area contributed by atoms with Gasteiger partial charge in [-0.3, -0.25) is 9.59 Å². The monoisotopic (exact) mass is 286 g/mol. The van der Waals surface area contributed by atoms with Crippen molar-refractivity contribution >= 4 is 11.8 Å². The van der Waals surface area contributed by atoms with Gasteiger partial charge in [-0.1, -0.05) is 24.1 Å². The zero-order valence-electron chi connectivity index (χ0n) is 12.0. The van der Waals surface area contributed by atoms with Crippen molar-refractivity contribution in [2.24, 2.45) is 0 Å². The molecule has 5 nitrogen and oxygen atoms in total. The largest absolute Gasteiger partial charge is 0.384 e. The summed E-state index contributed by atoms with van der Waals surface area (Å²) in [6.45, 7) is 3.21. The molecular weight excluding hydrogens is 268 g/mol. The molecule has 1 aliphatic rings. The zero-order chi connectivity index (χ0) is 15.2. The van der Waals surface area contributed by atoms with Crippen molar-refractivity contribution < 1.29 is 14.7 Å². The third kappa shape index (κ3) is 4.07. The lowest BCUT2D eigenvalue weighted by Gasteiger charge is -2.34. The van der Waals surface area contributed by atoms with Crippen molar-refractivity contribution in [1.29, 1.82) is 0 Å². The number of carbonyl (C=O) groups excluding carboxylic acids is 2. The smallest absolute Gasteiger partial charge is 0.298 e. The van der Waals surface area contributed by atoms with Crippen LogP contribution in [0, 0.1) is 11.8 Å². The van der Waals surface area contributed by atoms with Gasteiger partial charge in [-0.25, -0.2) is 0 Å². The van der Waals surface area contributed by atoms with Crippen LogP contribution < -0.4 is 0 Å². The van der Waals surface area contributed by atoms with Gasteiger partial charge in [-0.05, 0) is 19.1 Å². The molecule has 110 valence electrons. The van der Waals surface area contributed by atoms with E-state index in [-0.39, 0.29) is 11.8 Å². The van der Waals surface area contributed by atoms with Crippen LogP contribution in [-0.4, -0.2) is 59.0 Å². The Labute approximate surface area is 124 Å². The molecule has 1 heterocycles. The summed E-state index contributed by atoms with van der Waals surface area (Å²) >= 11 is 0. The first-order valence-corrected chi connectivity index (χ1v) is 6.91. The molecule has 0 saturated carbocycles. The van der Waals surface area contributed by atoms with E-state index in [1.165, 1.54) is 6.92 Å². The van der Waals surface area contributed by atoms with Crippen LogP contribution in [0.4, 0.5) is 0 Å². The van der Waals surface area contributed by atoms with Crippen molar-refractivity contribution in [1.82, 2.24) is 9.80 Å². The molecule has 1 atom stereocenters. The van der Waals surface area contributed by atoms with E-state index in [4.69, 9.17) is 0 Å². The average Bonchev–Trinajstić information content (AvgIpc) is 2.53. The van der Waals surface area contributed by atoms with Crippen LogP contribution in [0.1, 0.15) is 12.5 Å². The summed E-state index contributed by atoms with van der Waals surface area (Å²) in [4.78, 5) is 26.8. The fourth-order valence-electron chi connectivity index (χ4n) is 2.12. The van der Waals surface area contributed by atoms with Crippen molar-refractivity contribution in [2.75, 3.05) is 26.2 Å². The molecule has 0 aliphatic carbocycles. The predicted molar refractivity (Wildman–Crippen MR) is 78.2 cm³/mol. The Bertz CT molecular complexity index is 564. The first-order chi connectivity index (χ1) is 10.1. The van der Waals surface area contributed by atoms with Crippen LogP contribution in [-0.2, 0) is 9.59 Å². The molecule has 0 radical (unpaired) electrons. The summed E-state index contributed by atoms with van der Waals surface area (Å²) in [6.07, 6.45) is -0.995. The van der Waals surface area contributed by atoms with E-state index in [1.807, 2.05) is 30.3 Å². The molecule has 1 fully saturated rings. The van der Waals surface area contributed by atoms with E-state index in [0.29, 0.717) is 26.2 Å². The Morgan fingerprint density at radius 3 is 2.24 bits per heavy atom. The molecule has 2 amide bonds. The number of amides is 2. The summed E-state index contributed by atoms with van der Waals surface area (Å²) in [5.41, 5.74) is 0.800. The highest BCUT2D eigenvalue weighted by Crippen LogP contribution is 2.04. The Morgan fingerprint density at radius 2 is 1.67 bits per heavy atom. The second kappa shape index (κ2) is 6.91. The lowest BCUT2D eigenvalue weighted by atomic mass is 10.2. The first kappa shape index (κ1) is 15.1. The summed E-state index contributed by atoms with van der Waals surface area (Å²) in [5.74, 6) is 4.92. The summed E-state index contributed by atoms with van der Waals surface area (Å²) in [6, 6.07) is 9.33. The number of piperazine rings is 1. The normalized spacial score (nSPS) is 15.9. The second-order valence-electron chi connectivity index (χ2n) is 4.91. The predicted octanol–water partition coefficient (Wildman–Crippen LogP) is 0.0897. The Balaban J connectivity index is 1.89. The van der Waals surface area contributed by atoms with Crippen LogP contribution in [0.2, 0.25) is 0 Å². The van der Waals surface area contributed by atoms with Crippen molar-refractivity contribution in [3.8, 4) is 11.8 Å². The molecule has 5 heteroatoms. The van der Waals surface area contributed by atoms with Gasteiger partial charge in [-0.2, -0.15) is 0 Å². The van der Waals surface area contributed by atoms with Gasteiger partial charge in [0.25, 0.3) is 11.8 Å². The Kier molecular flexibility index (Phi) is 4.96. The number of carbonyl (C=O) groups is 2. The molecule has 1 saturated heterocycles. The average molecular weight is 286 g/mol. The standard InChI is InChI=1S/C16H18N2O3/c1-13(19)16(21)18-11-9-17(10-12-18)15(20)8-7-14-5-3-2-4-6-14/h2-6,13,19H,9-12H2,1H3/t13-/m1/s1. The minimum atomic E-state index is -0.995. The van der Waals surface area contributed by atoms with Crippen molar-refractivity contribution in [3.05, 3.63) is 35.9 Å². The topological polar surface area (TPSA) is 60.9 Å². The van der Waals surface area contributed by atoms with Gasteiger partial charge in [-0.15, -0.1) is 0 Å². The van der Waals surface area contributed by atoms with Gasteiger partial charge in [0.1, 0.15) is 6.10 Å². The number of hydrogen-bond donors (Lipinski definition) is 1. The minimum absolute atomic E-state index is 0.233. The van der Waals surface area contributed by atoms with Gasteiger partial charge in [0.05, 0.1) is 0 Å². The van der Waals surface area contributed by atoms with E-state index in [2.05, 4.69) is 11.8 Å². The third-order valence-corrected chi connectivity index (χ3v) is 3.32. The molecule has 1 aliphatic heterocycles. The zero-order valence-corrected chi connectivity index (χ0v) is 12.0. The molecule has 1 N–H and O–H groups in total. The van der Waals surface area contributed by atoms with Gasteiger partial charge in [0, 0.05) is 37.7 Å². The maximum atomic E-state index is 12.0. The van der Waals surface area contributed by atoms with Crippen LogP contribution >= 0.6 is 0 Å². The van der Waals surface area contributed by atoms with Crippen LogP contribution in [0.25, 0.3) is 0 Å². The quantitative estimate of drug-likeness (QED) is 0.744. The first-order valence-electron chi connectivity index (χ1n) is 6.91. The van der Waals surface area contributed by atoms with E-state index < -0.39 is 6.10 Å². The van der Waals surface area contributed by atoms with E-state index in [0.717, 1.165) is 5.56 Å². The number of benzene rings is 1. The van der Waals surface area contributed by atoms with E-state index in [9.17, 15) is 14.7 Å². The summed E-state index contributed by atoms with van der Waals surface area (Å²) < 4.78 is 0. The summed E-state index contributed by atoms with van der Waals surface area (Å²) in [7, 11) is 0. The molecule has 0 aromatic heterocycles. The van der Waals surface area contributed by atoms with Crippen LogP contribution in [0.5, 0.6) is 0 Å². The highest BCUT2D eigenvalue weighted by Gasteiger charge is 2.25. The fraction of sp³-hybridized carbons (Fsp3) is 0.375. The number of aliphatic hydroxyl groups is 1. The van der Waals surface area contributed by atoms with Crippen molar-refractivity contribution in [2.45, 2.75) is 13.0 Å². The van der Waals surface area contributed by atoms with Gasteiger partial charge >= 0.3 is 0 Å². The maximum Gasteiger partial charge on any atom is 0.298 e. The second-order valence-corrected chi connectivity index (χ2v) is 4.91. The molecule has 0 bridgehead atoms. The highest BCUT2D eigenvalue weighted by atomic mass is 16.3. The van der Waals surface area contributed by atoms with Crippen LogP contribution in [0.15, 0.2) is 30.3 Å². The SMILES string of the molecule is C[C@@H](O)C(=O)N1CCN(C(=O)C#Cc2ccccc2)CC1. The Morgan fingerprint density at radius 1 is 1.10 bits per heavy atom. The van der Waals surface area contributed by atoms with E-state index >= 15 is 0 Å². The number of aliphatic hydroxyl groups excluding tert-OH is 1.